The van der Waals surface area contributed by atoms with Crippen molar-refractivity contribution < 1.29 is 4.79 Å². The molecule has 112 valence electrons. The van der Waals surface area contributed by atoms with Gasteiger partial charge in [-0.1, -0.05) is 24.3 Å². The predicted molar refractivity (Wildman–Crippen MR) is 90.1 cm³/mol. The Morgan fingerprint density at radius 2 is 1.65 bits per heavy atom. The van der Waals surface area contributed by atoms with E-state index in [1.54, 1.807) is 42.9 Å². The van der Waals surface area contributed by atoms with Gasteiger partial charge >= 0.3 is 0 Å². The van der Waals surface area contributed by atoms with Gasteiger partial charge in [0, 0.05) is 12.4 Å². The lowest BCUT2D eigenvalue weighted by atomic mass is 10.2. The average Bonchev–Trinajstić information content (AvgIpc) is 2.62. The van der Waals surface area contributed by atoms with Crippen LogP contribution in [0.2, 0.25) is 0 Å². The minimum Gasteiger partial charge on any atom is -0.319 e. The Balaban J connectivity index is 1.81. The van der Waals surface area contributed by atoms with Gasteiger partial charge in [0.15, 0.2) is 0 Å². The van der Waals surface area contributed by atoms with Crippen molar-refractivity contribution in [2.45, 2.75) is 0 Å². The lowest BCUT2D eigenvalue weighted by Crippen LogP contribution is -2.13. The number of benzene rings is 1. The van der Waals surface area contributed by atoms with Crippen LogP contribution >= 0.6 is 0 Å². The van der Waals surface area contributed by atoms with Crippen LogP contribution in [-0.2, 0) is 0 Å². The van der Waals surface area contributed by atoms with E-state index in [0.717, 1.165) is 5.69 Å². The SMILES string of the molecule is O=C(Nc1ccccc1N=Cc1ccccn1)c1ccccn1. The molecule has 2 aromatic heterocycles. The highest BCUT2D eigenvalue weighted by Crippen LogP contribution is 2.24. The lowest BCUT2D eigenvalue weighted by Gasteiger charge is -2.07. The number of amides is 1. The summed E-state index contributed by atoms with van der Waals surface area (Å²) in [5, 5.41) is 2.83. The normalized spacial score (nSPS) is 10.6. The molecule has 1 N–H and O–H groups in total. The highest BCUT2D eigenvalue weighted by molar-refractivity contribution is 6.04. The van der Waals surface area contributed by atoms with Gasteiger partial charge in [-0.15, -0.1) is 0 Å². The molecule has 5 heteroatoms. The van der Waals surface area contributed by atoms with Crippen LogP contribution in [0.1, 0.15) is 16.2 Å². The van der Waals surface area contributed by atoms with E-state index in [9.17, 15) is 4.79 Å². The zero-order valence-corrected chi connectivity index (χ0v) is 12.3. The van der Waals surface area contributed by atoms with Crippen molar-refractivity contribution in [2.24, 2.45) is 4.99 Å². The van der Waals surface area contributed by atoms with Gasteiger partial charge in [-0.25, -0.2) is 0 Å². The molecule has 23 heavy (non-hydrogen) atoms. The zero-order valence-electron chi connectivity index (χ0n) is 12.3. The van der Waals surface area contributed by atoms with Gasteiger partial charge in [-0.2, -0.15) is 0 Å². The van der Waals surface area contributed by atoms with E-state index in [1.807, 2.05) is 36.4 Å². The van der Waals surface area contributed by atoms with Crippen LogP contribution in [0.25, 0.3) is 0 Å². The van der Waals surface area contributed by atoms with E-state index >= 15 is 0 Å². The van der Waals surface area contributed by atoms with E-state index in [4.69, 9.17) is 0 Å². The summed E-state index contributed by atoms with van der Waals surface area (Å²) in [7, 11) is 0. The van der Waals surface area contributed by atoms with Gasteiger partial charge in [0.25, 0.3) is 5.91 Å². The smallest absolute Gasteiger partial charge is 0.274 e. The van der Waals surface area contributed by atoms with Crippen molar-refractivity contribution in [3.05, 3.63) is 84.4 Å². The third-order valence-electron chi connectivity index (χ3n) is 3.07. The van der Waals surface area contributed by atoms with Crippen molar-refractivity contribution in [1.82, 2.24) is 9.97 Å². The van der Waals surface area contributed by atoms with E-state index in [-0.39, 0.29) is 5.91 Å². The second-order valence-electron chi connectivity index (χ2n) is 4.70. The van der Waals surface area contributed by atoms with Crippen molar-refractivity contribution in [1.29, 1.82) is 0 Å². The van der Waals surface area contributed by atoms with Gasteiger partial charge < -0.3 is 5.32 Å². The van der Waals surface area contributed by atoms with E-state index in [1.165, 1.54) is 0 Å². The van der Waals surface area contributed by atoms with Gasteiger partial charge in [-0.05, 0) is 36.4 Å². The maximum atomic E-state index is 12.2. The number of para-hydroxylation sites is 2. The summed E-state index contributed by atoms with van der Waals surface area (Å²) >= 11 is 0. The van der Waals surface area contributed by atoms with E-state index in [2.05, 4.69) is 20.3 Å². The van der Waals surface area contributed by atoms with Gasteiger partial charge in [0.05, 0.1) is 23.3 Å². The van der Waals surface area contributed by atoms with Crippen molar-refractivity contribution in [3.63, 3.8) is 0 Å². The Kier molecular flexibility index (Phi) is 4.49. The maximum absolute atomic E-state index is 12.2. The molecule has 0 aliphatic rings. The number of rotatable bonds is 4. The summed E-state index contributed by atoms with van der Waals surface area (Å²) in [6, 6.07) is 18.1. The second kappa shape index (κ2) is 7.09. The molecule has 0 bridgehead atoms. The topological polar surface area (TPSA) is 67.2 Å². The molecular weight excluding hydrogens is 288 g/mol. The van der Waals surface area contributed by atoms with E-state index in [0.29, 0.717) is 17.1 Å². The number of aliphatic imine (C=N–C) groups is 1. The Morgan fingerprint density at radius 1 is 0.913 bits per heavy atom. The predicted octanol–water partition coefficient (Wildman–Crippen LogP) is 3.48. The Morgan fingerprint density at radius 3 is 2.39 bits per heavy atom. The first kappa shape index (κ1) is 14.6. The maximum Gasteiger partial charge on any atom is 0.274 e. The van der Waals surface area contributed by atoms with Crippen LogP contribution in [0.15, 0.2) is 78.0 Å². The molecular formula is C18H14N4O. The van der Waals surface area contributed by atoms with Crippen LogP contribution in [0.5, 0.6) is 0 Å². The first-order chi connectivity index (χ1) is 11.3. The number of carbonyl (C=O) groups is 1. The molecule has 0 fully saturated rings. The van der Waals surface area contributed by atoms with Crippen LogP contribution in [0, 0.1) is 0 Å². The minimum atomic E-state index is -0.272. The number of pyridine rings is 2. The monoisotopic (exact) mass is 302 g/mol. The number of hydrogen-bond acceptors (Lipinski definition) is 4. The molecule has 2 heterocycles. The summed E-state index contributed by atoms with van der Waals surface area (Å²) in [6.45, 7) is 0. The molecule has 0 unspecified atom stereocenters. The molecule has 1 aromatic carbocycles. The second-order valence-corrected chi connectivity index (χ2v) is 4.70. The van der Waals surface area contributed by atoms with Gasteiger partial charge in [-0.3, -0.25) is 19.8 Å². The van der Waals surface area contributed by atoms with Crippen LogP contribution in [-0.4, -0.2) is 22.1 Å². The lowest BCUT2D eigenvalue weighted by molar-refractivity contribution is 0.102. The fourth-order valence-electron chi connectivity index (χ4n) is 1.96. The first-order valence-corrected chi connectivity index (χ1v) is 7.09. The fraction of sp³-hybridized carbons (Fsp3) is 0. The van der Waals surface area contributed by atoms with Crippen molar-refractivity contribution >= 4 is 23.5 Å². The zero-order chi connectivity index (χ0) is 15.9. The molecule has 1 amide bonds. The molecule has 3 aromatic rings. The van der Waals surface area contributed by atoms with E-state index < -0.39 is 0 Å². The summed E-state index contributed by atoms with van der Waals surface area (Å²) < 4.78 is 0. The third kappa shape index (κ3) is 3.85. The summed E-state index contributed by atoms with van der Waals surface area (Å²) in [4.78, 5) is 24.8. The number of nitrogens with zero attached hydrogens (tertiary/aromatic N) is 3. The molecule has 5 nitrogen and oxygen atoms in total. The van der Waals surface area contributed by atoms with Crippen molar-refractivity contribution in [3.8, 4) is 0 Å². The van der Waals surface area contributed by atoms with Crippen LogP contribution < -0.4 is 5.32 Å². The molecule has 0 saturated heterocycles. The fourth-order valence-corrected chi connectivity index (χ4v) is 1.96. The number of aromatic nitrogens is 2. The highest BCUT2D eigenvalue weighted by Gasteiger charge is 2.08. The van der Waals surface area contributed by atoms with Crippen LogP contribution in [0.4, 0.5) is 11.4 Å². The quantitative estimate of drug-likeness (QED) is 0.750. The molecule has 3 rings (SSSR count). The standard InChI is InChI=1S/C18H14N4O/c23-18(17-10-4-6-12-20-17)22-16-9-2-1-8-15(16)21-13-14-7-3-5-11-19-14/h1-13H,(H,22,23). The number of anilines is 1. The number of hydrogen-bond donors (Lipinski definition) is 1. The molecule has 0 atom stereocenters. The highest BCUT2D eigenvalue weighted by atomic mass is 16.1. The van der Waals surface area contributed by atoms with Gasteiger partial charge in [0.1, 0.15) is 5.69 Å². The van der Waals surface area contributed by atoms with Crippen LogP contribution in [0.3, 0.4) is 0 Å². The van der Waals surface area contributed by atoms with Crippen molar-refractivity contribution in [2.75, 3.05) is 5.32 Å². The largest absolute Gasteiger partial charge is 0.319 e. The Labute approximate surface area is 133 Å². The average molecular weight is 302 g/mol. The Hall–Kier alpha value is -3.34. The molecule has 0 spiro atoms. The molecule has 0 aliphatic heterocycles. The third-order valence-corrected chi connectivity index (χ3v) is 3.07. The minimum absolute atomic E-state index is 0.272. The molecule has 0 saturated carbocycles. The summed E-state index contributed by atoms with van der Waals surface area (Å²) in [5.41, 5.74) is 2.38. The Bertz CT molecular complexity index is 817. The summed E-state index contributed by atoms with van der Waals surface area (Å²) in [5.74, 6) is -0.272. The molecule has 0 aliphatic carbocycles. The number of nitrogens with one attached hydrogen (secondary N) is 1. The number of carbonyl (C=O) groups excluding carboxylic acids is 1. The molecule has 0 radical (unpaired) electrons. The first-order valence-electron chi connectivity index (χ1n) is 7.09. The summed E-state index contributed by atoms with van der Waals surface area (Å²) in [6.07, 6.45) is 4.95. The van der Waals surface area contributed by atoms with Gasteiger partial charge in [0.2, 0.25) is 0 Å².